The van der Waals surface area contributed by atoms with E-state index in [1.807, 2.05) is 0 Å². The number of hydrogen-bond acceptors (Lipinski definition) is 0. The predicted molar refractivity (Wildman–Crippen MR) is 20.0 cm³/mol. The van der Waals surface area contributed by atoms with Gasteiger partial charge in [0.25, 0.3) is 0 Å². The molecule has 56 valence electrons. The summed E-state index contributed by atoms with van der Waals surface area (Å²) in [6.07, 6.45) is -2.56. The van der Waals surface area contributed by atoms with Crippen LogP contribution in [0.1, 0.15) is 0 Å². The average Bonchev–Trinajstić information content (AvgIpc) is 1.64. The molecule has 0 spiro atoms. The van der Waals surface area contributed by atoms with Crippen molar-refractivity contribution in [2.75, 3.05) is 6.30 Å². The highest BCUT2D eigenvalue weighted by molar-refractivity contribution is 6.68. The quantitative estimate of drug-likeness (QED) is 0.319. The molecule has 0 aliphatic rings. The van der Waals surface area contributed by atoms with Crippen LogP contribution in [0.3, 0.4) is 0 Å². The summed E-state index contributed by atoms with van der Waals surface area (Å²) in [7, 11) is -6.55. The van der Waals surface area contributed by atoms with Gasteiger partial charge in [0.15, 0.2) is 0 Å². The molecule has 0 radical (unpaired) electrons. The number of hydrogen-bond donors (Lipinski definition) is 0. The monoisotopic (exact) mass is 168 g/mol. The van der Waals surface area contributed by atoms with Crippen molar-refractivity contribution in [1.82, 2.24) is 0 Å². The second-order valence-corrected chi connectivity index (χ2v) is 3.58. The Morgan fingerprint density at radius 3 is 1.44 bits per heavy atom. The lowest BCUT2D eigenvalue weighted by molar-refractivity contribution is -0.0752. The summed E-state index contributed by atoms with van der Waals surface area (Å²) < 4.78 is 66.2. The molecule has 0 nitrogen and oxygen atoms in total. The minimum Gasteiger partial charge on any atom is -0.257 e. The molecule has 0 amide bonds. The first kappa shape index (κ1) is 8.80. The molecule has 0 heterocycles. The lowest BCUT2D eigenvalue weighted by atomic mass is 11.5. The van der Waals surface area contributed by atoms with E-state index in [-0.39, 0.29) is 0 Å². The van der Waals surface area contributed by atoms with Crippen molar-refractivity contribution in [3.63, 3.8) is 0 Å². The van der Waals surface area contributed by atoms with Gasteiger partial charge in [0.2, 0.25) is 0 Å². The number of halogens is 6. The van der Waals surface area contributed by atoms with Gasteiger partial charge in [0, 0.05) is 0 Å². The Bertz CT molecular complexity index is 93.7. The van der Waals surface area contributed by atoms with Crippen LogP contribution in [0.25, 0.3) is 0 Å². The lowest BCUT2D eigenvalue weighted by Crippen LogP contribution is -2.44. The van der Waals surface area contributed by atoms with Crippen molar-refractivity contribution >= 4 is 8.74 Å². The van der Waals surface area contributed by atoms with Gasteiger partial charge in [-0.05, 0) is 0 Å². The van der Waals surface area contributed by atoms with Crippen LogP contribution < -0.4 is 0 Å². The minimum absolute atomic E-state index is 2.56. The van der Waals surface area contributed by atoms with Gasteiger partial charge in [-0.3, -0.25) is 8.22 Å². The van der Waals surface area contributed by atoms with Gasteiger partial charge in [0.05, 0.1) is 0 Å². The molecule has 0 aromatic rings. The first-order chi connectivity index (χ1) is 3.81. The van der Waals surface area contributed by atoms with Gasteiger partial charge in [-0.1, -0.05) is 0 Å². The maximum atomic E-state index is 11.3. The summed E-state index contributed by atoms with van der Waals surface area (Å²) >= 11 is 0. The Kier molecular flexibility index (Phi) is 2.15. The Morgan fingerprint density at radius 1 is 1.11 bits per heavy atom. The van der Waals surface area contributed by atoms with E-state index in [2.05, 4.69) is 0 Å². The molecule has 0 N–H and O–H groups in total. The Morgan fingerprint density at radius 2 is 1.44 bits per heavy atom. The molecule has 0 saturated carbocycles. The average molecular weight is 168 g/mol. The van der Waals surface area contributed by atoms with E-state index in [0.29, 0.717) is 0 Å². The highest BCUT2D eigenvalue weighted by Gasteiger charge is 2.63. The summed E-state index contributed by atoms with van der Waals surface area (Å²) in [6.45, 7) is 0. The normalized spacial score (nSPS) is 14.0. The van der Waals surface area contributed by atoms with E-state index in [1.54, 1.807) is 0 Å². The summed E-state index contributed by atoms with van der Waals surface area (Å²) in [5.74, 6) is -5.62. The van der Waals surface area contributed by atoms with Crippen molar-refractivity contribution in [3.05, 3.63) is 0 Å². The van der Waals surface area contributed by atoms with Crippen LogP contribution in [-0.4, -0.2) is 20.8 Å². The van der Waals surface area contributed by atoms with E-state index < -0.39 is 20.8 Å². The zero-order valence-corrected chi connectivity index (χ0v) is 4.97. The van der Waals surface area contributed by atoms with Crippen LogP contribution in [-0.2, 0) is 0 Å². The molecule has 0 aromatic carbocycles. The van der Waals surface area contributed by atoms with Gasteiger partial charge in [-0.15, -0.1) is 0 Å². The summed E-state index contributed by atoms with van der Waals surface area (Å²) in [6, 6.07) is 0. The molecular formula is C2H2F6Si. The van der Waals surface area contributed by atoms with Crippen LogP contribution in [0, 0.1) is 0 Å². The summed E-state index contributed by atoms with van der Waals surface area (Å²) in [5.41, 5.74) is 0. The van der Waals surface area contributed by atoms with Gasteiger partial charge in [-0.25, -0.2) is 4.39 Å². The Balaban J connectivity index is 4.14. The van der Waals surface area contributed by atoms with E-state index in [9.17, 15) is 25.8 Å². The largest absolute Gasteiger partial charge is 0.562 e. The maximum Gasteiger partial charge on any atom is 0.562 e. The van der Waals surface area contributed by atoms with Crippen LogP contribution >= 0.6 is 0 Å². The molecule has 0 atom stereocenters. The smallest absolute Gasteiger partial charge is 0.257 e. The molecule has 0 fully saturated rings. The molecule has 0 aliphatic heterocycles. The molecule has 0 rings (SSSR count). The number of alkyl halides is 4. The fourth-order valence-corrected chi connectivity index (χ4v) is 0.227. The first-order valence-corrected chi connectivity index (χ1v) is 3.78. The molecule has 0 unspecified atom stereocenters. The second kappa shape index (κ2) is 2.20. The molecule has 0 bridgehead atoms. The van der Waals surface area contributed by atoms with E-state index in [1.165, 1.54) is 0 Å². The Labute approximate surface area is 47.8 Å². The van der Waals surface area contributed by atoms with Crippen LogP contribution in [0.5, 0.6) is 0 Å². The SMILES string of the molecule is FC[Si](F)(F)C(F)(F)F. The maximum absolute atomic E-state index is 11.3. The fourth-order valence-electron chi connectivity index (χ4n) is 0.0758. The van der Waals surface area contributed by atoms with Crippen molar-refractivity contribution in [2.24, 2.45) is 0 Å². The molecule has 0 aliphatic carbocycles. The topological polar surface area (TPSA) is 0 Å². The third-order valence-corrected chi connectivity index (χ3v) is 1.75. The standard InChI is InChI=1S/C2H2F6Si/c3-1-9(7,8)2(4,5)6/h1H2. The van der Waals surface area contributed by atoms with Crippen molar-refractivity contribution < 1.29 is 25.8 Å². The third-order valence-electron chi connectivity index (χ3n) is 0.583. The summed E-state index contributed by atoms with van der Waals surface area (Å²) in [4.78, 5) is 0. The highest BCUT2D eigenvalue weighted by Crippen LogP contribution is 2.30. The van der Waals surface area contributed by atoms with Crippen molar-refractivity contribution in [2.45, 2.75) is 5.80 Å². The molecule has 0 saturated heterocycles. The zero-order chi connectivity index (χ0) is 7.71. The zero-order valence-electron chi connectivity index (χ0n) is 3.97. The van der Waals surface area contributed by atoms with Crippen LogP contribution in [0.4, 0.5) is 25.8 Å². The molecule has 0 aromatic heterocycles. The molecule has 9 heavy (non-hydrogen) atoms. The highest BCUT2D eigenvalue weighted by atomic mass is 28.4. The van der Waals surface area contributed by atoms with Gasteiger partial charge in [0.1, 0.15) is 6.30 Å². The van der Waals surface area contributed by atoms with Crippen LogP contribution in [0.2, 0.25) is 0 Å². The van der Waals surface area contributed by atoms with Crippen LogP contribution in [0.15, 0.2) is 0 Å². The van der Waals surface area contributed by atoms with E-state index >= 15 is 0 Å². The first-order valence-electron chi connectivity index (χ1n) is 1.82. The number of rotatable bonds is 1. The summed E-state index contributed by atoms with van der Waals surface area (Å²) in [5, 5.41) is 0. The molecular weight excluding hydrogens is 166 g/mol. The van der Waals surface area contributed by atoms with Gasteiger partial charge in [-0.2, -0.15) is 13.2 Å². The fraction of sp³-hybridized carbons (Fsp3) is 1.00. The Hall–Kier alpha value is -0.203. The van der Waals surface area contributed by atoms with Crippen molar-refractivity contribution in [3.8, 4) is 0 Å². The van der Waals surface area contributed by atoms with Gasteiger partial charge < -0.3 is 0 Å². The second-order valence-electron chi connectivity index (χ2n) is 1.34. The lowest BCUT2D eigenvalue weighted by Gasteiger charge is -2.11. The van der Waals surface area contributed by atoms with E-state index in [4.69, 9.17) is 0 Å². The van der Waals surface area contributed by atoms with Crippen molar-refractivity contribution in [1.29, 1.82) is 0 Å². The minimum atomic E-state index is -6.55. The molecule has 7 heteroatoms. The predicted octanol–water partition coefficient (Wildman–Crippen LogP) is 1.98. The van der Waals surface area contributed by atoms with E-state index in [0.717, 1.165) is 0 Å². The van der Waals surface area contributed by atoms with Gasteiger partial charge >= 0.3 is 14.5 Å². The third kappa shape index (κ3) is 1.88.